The first kappa shape index (κ1) is 10.2. The Labute approximate surface area is 77.9 Å². The molecule has 0 bridgehead atoms. The van der Waals surface area contributed by atoms with E-state index < -0.39 is 17.7 Å². The molecule has 0 aliphatic carbocycles. The van der Waals surface area contributed by atoms with Gasteiger partial charge in [-0.2, -0.15) is 0 Å². The second-order valence-electron chi connectivity index (χ2n) is 3.43. The van der Waals surface area contributed by atoms with Gasteiger partial charge in [-0.25, -0.2) is 0 Å². The SMILES string of the molecule is N[C@H]1CCCCCCNC(=O)C1=O. The molecule has 0 saturated carbocycles. The summed E-state index contributed by atoms with van der Waals surface area (Å²) in [4.78, 5) is 22.3. The Morgan fingerprint density at radius 2 is 1.85 bits per heavy atom. The van der Waals surface area contributed by atoms with Crippen molar-refractivity contribution in [2.45, 2.75) is 38.1 Å². The zero-order chi connectivity index (χ0) is 9.68. The molecule has 1 aliphatic rings. The fourth-order valence-electron chi connectivity index (χ4n) is 1.43. The van der Waals surface area contributed by atoms with E-state index in [9.17, 15) is 9.59 Å². The maximum Gasteiger partial charge on any atom is 0.289 e. The Kier molecular flexibility index (Phi) is 3.89. The summed E-state index contributed by atoms with van der Waals surface area (Å²) >= 11 is 0. The van der Waals surface area contributed by atoms with Crippen molar-refractivity contribution in [3.05, 3.63) is 0 Å². The van der Waals surface area contributed by atoms with Crippen molar-refractivity contribution in [1.82, 2.24) is 5.32 Å². The summed E-state index contributed by atoms with van der Waals surface area (Å²) in [6, 6.07) is -0.599. The monoisotopic (exact) mass is 184 g/mol. The normalized spacial score (nSPS) is 26.7. The predicted molar refractivity (Wildman–Crippen MR) is 49.1 cm³/mol. The van der Waals surface area contributed by atoms with E-state index in [1.807, 2.05) is 0 Å². The van der Waals surface area contributed by atoms with Gasteiger partial charge >= 0.3 is 0 Å². The lowest BCUT2D eigenvalue weighted by Crippen LogP contribution is -2.43. The smallest absolute Gasteiger partial charge is 0.289 e. The first-order valence-electron chi connectivity index (χ1n) is 4.79. The molecule has 0 unspecified atom stereocenters. The first-order valence-corrected chi connectivity index (χ1v) is 4.79. The van der Waals surface area contributed by atoms with Gasteiger partial charge in [0, 0.05) is 6.54 Å². The molecule has 74 valence electrons. The van der Waals surface area contributed by atoms with Crippen molar-refractivity contribution in [2.75, 3.05) is 6.54 Å². The van der Waals surface area contributed by atoms with Gasteiger partial charge in [0.05, 0.1) is 6.04 Å². The van der Waals surface area contributed by atoms with Gasteiger partial charge in [-0.05, 0) is 12.8 Å². The number of carbonyl (C=O) groups excluding carboxylic acids is 2. The Hall–Kier alpha value is -0.900. The minimum Gasteiger partial charge on any atom is -0.349 e. The fourth-order valence-corrected chi connectivity index (χ4v) is 1.43. The number of nitrogens with one attached hydrogen (secondary N) is 1. The van der Waals surface area contributed by atoms with E-state index in [4.69, 9.17) is 5.73 Å². The number of rotatable bonds is 0. The quantitative estimate of drug-likeness (QED) is 0.519. The minimum atomic E-state index is -0.599. The number of hydrogen-bond donors (Lipinski definition) is 2. The van der Waals surface area contributed by atoms with Gasteiger partial charge in [0.15, 0.2) is 0 Å². The minimum absolute atomic E-state index is 0.470. The van der Waals surface area contributed by atoms with Crippen LogP contribution in [0.25, 0.3) is 0 Å². The molecule has 3 N–H and O–H groups in total. The van der Waals surface area contributed by atoms with Gasteiger partial charge < -0.3 is 11.1 Å². The van der Waals surface area contributed by atoms with E-state index in [-0.39, 0.29) is 0 Å². The van der Waals surface area contributed by atoms with Crippen molar-refractivity contribution >= 4 is 11.7 Å². The van der Waals surface area contributed by atoms with Crippen LogP contribution in [-0.2, 0) is 9.59 Å². The highest BCUT2D eigenvalue weighted by Gasteiger charge is 2.21. The molecule has 1 atom stereocenters. The molecule has 0 radical (unpaired) electrons. The van der Waals surface area contributed by atoms with E-state index in [1.165, 1.54) is 0 Å². The van der Waals surface area contributed by atoms with Crippen LogP contribution < -0.4 is 11.1 Å². The lowest BCUT2D eigenvalue weighted by molar-refractivity contribution is -0.138. The van der Waals surface area contributed by atoms with Crippen LogP contribution in [0, 0.1) is 0 Å². The zero-order valence-corrected chi connectivity index (χ0v) is 7.71. The number of amides is 1. The summed E-state index contributed by atoms with van der Waals surface area (Å²) < 4.78 is 0. The molecule has 0 spiro atoms. The largest absolute Gasteiger partial charge is 0.349 e. The standard InChI is InChI=1S/C9H16N2O2/c10-7-5-3-1-2-4-6-11-9(13)8(7)12/h7H,1-6,10H2,(H,11,13)/t7-/m0/s1. The van der Waals surface area contributed by atoms with Gasteiger partial charge in [-0.1, -0.05) is 19.3 Å². The Bertz CT molecular complexity index is 204. The van der Waals surface area contributed by atoms with Crippen molar-refractivity contribution < 1.29 is 9.59 Å². The van der Waals surface area contributed by atoms with Crippen LogP contribution >= 0.6 is 0 Å². The summed E-state index contributed by atoms with van der Waals surface area (Å²) in [6.07, 6.45) is 4.72. The van der Waals surface area contributed by atoms with Crippen LogP contribution in [0.15, 0.2) is 0 Å². The number of ketones is 1. The molecule has 13 heavy (non-hydrogen) atoms. The molecule has 4 heteroatoms. The van der Waals surface area contributed by atoms with Gasteiger partial charge in [-0.15, -0.1) is 0 Å². The average Bonchev–Trinajstić information content (AvgIpc) is 2.13. The lowest BCUT2D eigenvalue weighted by atomic mass is 10.0. The number of nitrogens with two attached hydrogens (primary N) is 1. The summed E-state index contributed by atoms with van der Waals surface area (Å²) in [7, 11) is 0. The van der Waals surface area contributed by atoms with Crippen LogP contribution in [0.5, 0.6) is 0 Å². The molecule has 0 aromatic heterocycles. The average molecular weight is 184 g/mol. The molecule has 1 saturated heterocycles. The van der Waals surface area contributed by atoms with E-state index in [0.717, 1.165) is 25.7 Å². The second-order valence-corrected chi connectivity index (χ2v) is 3.43. The lowest BCUT2D eigenvalue weighted by Gasteiger charge is -2.12. The summed E-state index contributed by atoms with van der Waals surface area (Å²) in [5, 5.41) is 2.56. The molecule has 0 aromatic carbocycles. The van der Waals surface area contributed by atoms with Crippen LogP contribution in [0.3, 0.4) is 0 Å². The summed E-state index contributed by atoms with van der Waals surface area (Å²) in [5.74, 6) is -0.990. The van der Waals surface area contributed by atoms with E-state index in [1.54, 1.807) is 0 Å². The molecule has 1 amide bonds. The predicted octanol–water partition coefficient (Wildman–Crippen LogP) is -0.0369. The van der Waals surface area contributed by atoms with Gasteiger partial charge in [0.25, 0.3) is 5.91 Å². The van der Waals surface area contributed by atoms with Crippen LogP contribution in [0.4, 0.5) is 0 Å². The highest BCUT2D eigenvalue weighted by molar-refractivity contribution is 6.38. The maximum atomic E-state index is 11.2. The molecule has 1 rings (SSSR count). The number of Topliss-reactive ketones (excluding diaryl/α,β-unsaturated/α-hetero) is 1. The summed E-state index contributed by atoms with van der Waals surface area (Å²) in [6.45, 7) is 0.595. The molecular weight excluding hydrogens is 168 g/mol. The molecule has 1 fully saturated rings. The van der Waals surface area contributed by atoms with E-state index in [2.05, 4.69) is 5.32 Å². The highest BCUT2D eigenvalue weighted by atomic mass is 16.2. The maximum absolute atomic E-state index is 11.2. The van der Waals surface area contributed by atoms with E-state index in [0.29, 0.717) is 13.0 Å². The Morgan fingerprint density at radius 1 is 1.15 bits per heavy atom. The Balaban J connectivity index is 2.50. The fraction of sp³-hybridized carbons (Fsp3) is 0.778. The third-order valence-corrected chi connectivity index (χ3v) is 2.29. The van der Waals surface area contributed by atoms with Crippen LogP contribution in [-0.4, -0.2) is 24.3 Å². The number of hydrogen-bond acceptors (Lipinski definition) is 3. The highest BCUT2D eigenvalue weighted by Crippen LogP contribution is 2.06. The van der Waals surface area contributed by atoms with Crippen molar-refractivity contribution in [3.63, 3.8) is 0 Å². The van der Waals surface area contributed by atoms with Crippen molar-refractivity contribution in [3.8, 4) is 0 Å². The van der Waals surface area contributed by atoms with Gasteiger partial charge in [0.1, 0.15) is 0 Å². The molecule has 4 nitrogen and oxygen atoms in total. The Morgan fingerprint density at radius 3 is 2.62 bits per heavy atom. The first-order chi connectivity index (χ1) is 6.22. The molecule has 1 heterocycles. The third kappa shape index (κ3) is 3.14. The number of carbonyl (C=O) groups is 2. The van der Waals surface area contributed by atoms with Gasteiger partial charge in [0.2, 0.25) is 5.78 Å². The van der Waals surface area contributed by atoms with E-state index >= 15 is 0 Å². The zero-order valence-electron chi connectivity index (χ0n) is 7.71. The molecular formula is C9H16N2O2. The molecule has 0 aromatic rings. The summed E-state index contributed by atoms with van der Waals surface area (Å²) in [5.41, 5.74) is 5.55. The second kappa shape index (κ2) is 4.97. The topological polar surface area (TPSA) is 72.2 Å². The van der Waals surface area contributed by atoms with Gasteiger partial charge in [-0.3, -0.25) is 9.59 Å². The third-order valence-electron chi connectivity index (χ3n) is 2.29. The molecule has 1 aliphatic heterocycles. The van der Waals surface area contributed by atoms with Crippen molar-refractivity contribution in [1.29, 1.82) is 0 Å². The van der Waals surface area contributed by atoms with Crippen molar-refractivity contribution in [2.24, 2.45) is 5.73 Å². The van der Waals surface area contributed by atoms with Crippen LogP contribution in [0.2, 0.25) is 0 Å². The van der Waals surface area contributed by atoms with Crippen LogP contribution in [0.1, 0.15) is 32.1 Å².